The van der Waals surface area contributed by atoms with E-state index in [0.717, 1.165) is 0 Å². The smallest absolute Gasteiger partial charge is 0.224 e. The highest BCUT2D eigenvalue weighted by Gasteiger charge is 2.18. The number of aliphatic hydroxyl groups excluding tert-OH is 1. The lowest BCUT2D eigenvalue weighted by atomic mass is 10.1. The van der Waals surface area contributed by atoms with Gasteiger partial charge in [0.1, 0.15) is 11.9 Å². The van der Waals surface area contributed by atoms with Crippen molar-refractivity contribution in [2.75, 3.05) is 0 Å². The van der Waals surface area contributed by atoms with Gasteiger partial charge in [-0.25, -0.2) is 4.39 Å². The topological polar surface area (TPSA) is 47.2 Å². The van der Waals surface area contributed by atoms with Gasteiger partial charge in [-0.05, 0) is 36.8 Å². The van der Waals surface area contributed by atoms with Gasteiger partial charge in [0.15, 0.2) is 0 Å². The molecule has 0 saturated heterocycles. The molecule has 0 aliphatic rings. The molecule has 0 radical (unpaired) electrons. The van der Waals surface area contributed by atoms with Crippen molar-refractivity contribution in [3.8, 4) is 11.3 Å². The molecule has 18 heavy (non-hydrogen) atoms. The van der Waals surface area contributed by atoms with Crippen LogP contribution in [0.3, 0.4) is 0 Å². The third-order valence-corrected chi connectivity index (χ3v) is 2.84. The molecular formula is C14H14FNO2. The van der Waals surface area contributed by atoms with Gasteiger partial charge < -0.3 is 10.3 Å². The zero-order valence-corrected chi connectivity index (χ0v) is 10.0. The van der Waals surface area contributed by atoms with Crippen LogP contribution in [0.2, 0.25) is 0 Å². The second-order valence-corrected chi connectivity index (χ2v) is 4.06. The molecule has 94 valence electrons. The first-order valence-electron chi connectivity index (χ1n) is 5.80. The molecule has 2 rings (SSSR count). The average Bonchev–Trinajstić information content (AvgIpc) is 2.39. The summed E-state index contributed by atoms with van der Waals surface area (Å²) in [6, 6.07) is 10.6. The minimum atomic E-state index is -0.789. The fourth-order valence-corrected chi connectivity index (χ4v) is 1.80. The summed E-state index contributed by atoms with van der Waals surface area (Å²) in [5.41, 5.74) is 1.33. The molecule has 4 heteroatoms. The number of hydrogen-bond donors (Lipinski definition) is 1. The molecule has 0 amide bonds. The fourth-order valence-electron chi connectivity index (χ4n) is 1.80. The molecular weight excluding hydrogens is 233 g/mol. The van der Waals surface area contributed by atoms with Crippen molar-refractivity contribution in [1.82, 2.24) is 0 Å². The van der Waals surface area contributed by atoms with E-state index in [4.69, 9.17) is 0 Å². The van der Waals surface area contributed by atoms with Crippen molar-refractivity contribution >= 4 is 0 Å². The summed E-state index contributed by atoms with van der Waals surface area (Å²) in [5, 5.41) is 21.9. The number of pyridine rings is 1. The van der Waals surface area contributed by atoms with E-state index in [1.807, 2.05) is 0 Å². The summed E-state index contributed by atoms with van der Waals surface area (Å²) in [6.45, 7) is 1.80. The highest BCUT2D eigenvalue weighted by atomic mass is 19.1. The Balaban J connectivity index is 2.49. The van der Waals surface area contributed by atoms with Crippen molar-refractivity contribution in [3.05, 3.63) is 59.2 Å². The highest BCUT2D eigenvalue weighted by Crippen LogP contribution is 2.19. The van der Waals surface area contributed by atoms with E-state index >= 15 is 0 Å². The SMILES string of the molecule is CCC(O)c1cccc(-c2ccc(F)cc2)[n+]1[O-]. The Labute approximate surface area is 105 Å². The first-order valence-corrected chi connectivity index (χ1v) is 5.80. The number of benzene rings is 1. The zero-order chi connectivity index (χ0) is 13.1. The number of hydrogen-bond acceptors (Lipinski definition) is 2. The molecule has 1 aromatic carbocycles. The summed E-state index contributed by atoms with van der Waals surface area (Å²) in [5.74, 6) is -0.346. The summed E-state index contributed by atoms with van der Waals surface area (Å²) < 4.78 is 13.5. The van der Waals surface area contributed by atoms with Crippen molar-refractivity contribution < 1.29 is 14.2 Å². The third-order valence-electron chi connectivity index (χ3n) is 2.84. The van der Waals surface area contributed by atoms with Crippen LogP contribution in [0.25, 0.3) is 11.3 Å². The largest absolute Gasteiger partial charge is 0.618 e. The molecule has 1 aromatic heterocycles. The van der Waals surface area contributed by atoms with Gasteiger partial charge in [-0.2, -0.15) is 4.73 Å². The Hall–Kier alpha value is -1.94. The van der Waals surface area contributed by atoms with Crippen LogP contribution >= 0.6 is 0 Å². The Morgan fingerprint density at radius 2 is 1.89 bits per heavy atom. The van der Waals surface area contributed by atoms with E-state index in [-0.39, 0.29) is 5.82 Å². The molecule has 0 spiro atoms. The number of rotatable bonds is 3. The van der Waals surface area contributed by atoms with E-state index in [1.165, 1.54) is 12.1 Å². The van der Waals surface area contributed by atoms with Crippen molar-refractivity contribution in [2.45, 2.75) is 19.4 Å². The van der Waals surface area contributed by atoms with Crippen LogP contribution in [-0.4, -0.2) is 5.11 Å². The van der Waals surface area contributed by atoms with Crippen LogP contribution in [0, 0.1) is 11.0 Å². The molecule has 0 aliphatic carbocycles. The van der Waals surface area contributed by atoms with Gasteiger partial charge in [0.05, 0.1) is 0 Å². The Kier molecular flexibility index (Phi) is 3.58. The van der Waals surface area contributed by atoms with Crippen LogP contribution in [0.1, 0.15) is 25.1 Å². The van der Waals surface area contributed by atoms with Crippen molar-refractivity contribution in [1.29, 1.82) is 0 Å². The molecule has 0 aliphatic heterocycles. The summed E-state index contributed by atoms with van der Waals surface area (Å²) >= 11 is 0. The minimum absolute atomic E-state index is 0.305. The second kappa shape index (κ2) is 5.14. The van der Waals surface area contributed by atoms with Crippen LogP contribution in [0.4, 0.5) is 4.39 Å². The lowest BCUT2D eigenvalue weighted by Crippen LogP contribution is -2.35. The maximum Gasteiger partial charge on any atom is 0.224 e. The standard InChI is InChI=1S/C14H14FNO2/c1-2-14(17)13-5-3-4-12(16(13)18)10-6-8-11(15)9-7-10/h3-9,14,17H,2H2,1H3. The van der Waals surface area contributed by atoms with Gasteiger partial charge in [-0.1, -0.05) is 6.92 Å². The lowest BCUT2D eigenvalue weighted by molar-refractivity contribution is -0.607. The Bertz CT molecular complexity index is 540. The monoisotopic (exact) mass is 247 g/mol. The van der Waals surface area contributed by atoms with Crippen molar-refractivity contribution in [3.63, 3.8) is 0 Å². The molecule has 0 saturated carbocycles. The predicted octanol–water partition coefficient (Wildman–Crippen LogP) is 2.57. The first-order chi connectivity index (χ1) is 8.63. The molecule has 1 heterocycles. The number of aliphatic hydroxyl groups is 1. The zero-order valence-electron chi connectivity index (χ0n) is 10.0. The van der Waals surface area contributed by atoms with Gasteiger partial charge >= 0.3 is 0 Å². The average molecular weight is 247 g/mol. The van der Waals surface area contributed by atoms with E-state index in [2.05, 4.69) is 0 Å². The van der Waals surface area contributed by atoms with E-state index in [1.54, 1.807) is 37.3 Å². The molecule has 2 aromatic rings. The van der Waals surface area contributed by atoms with Gasteiger partial charge in [0, 0.05) is 17.7 Å². The van der Waals surface area contributed by atoms with Crippen LogP contribution in [-0.2, 0) is 0 Å². The molecule has 1 unspecified atom stereocenters. The maximum atomic E-state index is 12.8. The maximum absolute atomic E-state index is 12.8. The second-order valence-electron chi connectivity index (χ2n) is 4.06. The van der Waals surface area contributed by atoms with Crippen LogP contribution in [0.5, 0.6) is 0 Å². The fraction of sp³-hybridized carbons (Fsp3) is 0.214. The third kappa shape index (κ3) is 2.33. The quantitative estimate of drug-likeness (QED) is 0.669. The van der Waals surface area contributed by atoms with Gasteiger partial charge in [0.2, 0.25) is 11.4 Å². The van der Waals surface area contributed by atoms with Gasteiger partial charge in [0.25, 0.3) is 0 Å². The van der Waals surface area contributed by atoms with Gasteiger partial charge in [-0.15, -0.1) is 0 Å². The normalized spacial score (nSPS) is 12.4. The molecule has 1 atom stereocenters. The Morgan fingerprint density at radius 3 is 2.50 bits per heavy atom. The number of aromatic nitrogens is 1. The number of halogens is 1. The summed E-state index contributed by atoms with van der Waals surface area (Å²) in [7, 11) is 0. The first kappa shape index (κ1) is 12.5. The van der Waals surface area contributed by atoms with E-state index in [9.17, 15) is 14.7 Å². The molecule has 0 fully saturated rings. The predicted molar refractivity (Wildman–Crippen MR) is 66.0 cm³/mol. The lowest BCUT2D eigenvalue weighted by Gasteiger charge is -2.12. The van der Waals surface area contributed by atoms with Crippen LogP contribution < -0.4 is 4.73 Å². The summed E-state index contributed by atoms with van der Waals surface area (Å²) in [4.78, 5) is 0. The Morgan fingerprint density at radius 1 is 1.22 bits per heavy atom. The number of nitrogens with zero attached hydrogens (tertiary/aromatic N) is 1. The van der Waals surface area contributed by atoms with Crippen molar-refractivity contribution in [2.24, 2.45) is 0 Å². The van der Waals surface area contributed by atoms with Crippen LogP contribution in [0.15, 0.2) is 42.5 Å². The summed E-state index contributed by atoms with van der Waals surface area (Å²) in [6.07, 6.45) is -0.322. The van der Waals surface area contributed by atoms with E-state index < -0.39 is 6.10 Å². The minimum Gasteiger partial charge on any atom is -0.618 e. The van der Waals surface area contributed by atoms with Gasteiger partial charge in [-0.3, -0.25) is 0 Å². The molecule has 1 N–H and O–H groups in total. The molecule has 3 nitrogen and oxygen atoms in total. The highest BCUT2D eigenvalue weighted by molar-refractivity contribution is 5.55. The molecule has 0 bridgehead atoms. The van der Waals surface area contributed by atoms with E-state index in [0.29, 0.717) is 28.1 Å².